The number of aryl methyl sites for hydroxylation is 1. The van der Waals surface area contributed by atoms with Crippen LogP contribution in [0.1, 0.15) is 30.5 Å². The number of non-ortho nitro benzene ring substituents is 1. The van der Waals surface area contributed by atoms with Gasteiger partial charge in [-0.1, -0.05) is 37.3 Å². The van der Waals surface area contributed by atoms with Gasteiger partial charge in [0, 0.05) is 12.1 Å². The van der Waals surface area contributed by atoms with Crippen molar-refractivity contribution in [2.24, 2.45) is 0 Å². The van der Waals surface area contributed by atoms with Crippen LogP contribution < -0.4 is 19.7 Å². The minimum atomic E-state index is -0.816. The molecule has 1 aliphatic heterocycles. The lowest BCUT2D eigenvalue weighted by Gasteiger charge is -2.28. The second-order valence-corrected chi connectivity index (χ2v) is 9.27. The van der Waals surface area contributed by atoms with Crippen molar-refractivity contribution in [1.29, 1.82) is 0 Å². The highest BCUT2D eigenvalue weighted by molar-refractivity contribution is 9.10. The fraction of sp³-hybridized carbons (Fsp3) is 0.179. The highest BCUT2D eigenvalue weighted by Crippen LogP contribution is 2.38. The van der Waals surface area contributed by atoms with Crippen LogP contribution >= 0.6 is 15.9 Å². The second kappa shape index (κ2) is 11.9. The maximum atomic E-state index is 13.4. The Kier molecular flexibility index (Phi) is 8.40. The summed E-state index contributed by atoms with van der Waals surface area (Å²) in [7, 11) is 0. The predicted octanol–water partition coefficient (Wildman–Crippen LogP) is 5.56. The summed E-state index contributed by atoms with van der Waals surface area (Å²) in [5.41, 5.74) is 1.95. The lowest BCUT2D eigenvalue weighted by Crippen LogP contribution is -2.54. The number of barbiturate groups is 1. The highest BCUT2D eigenvalue weighted by Gasteiger charge is 2.37. The van der Waals surface area contributed by atoms with Crippen LogP contribution in [0.25, 0.3) is 6.08 Å². The van der Waals surface area contributed by atoms with Crippen molar-refractivity contribution in [2.45, 2.75) is 26.9 Å². The van der Waals surface area contributed by atoms with Crippen LogP contribution in [0.2, 0.25) is 0 Å². The van der Waals surface area contributed by atoms with Crippen molar-refractivity contribution < 1.29 is 28.8 Å². The van der Waals surface area contributed by atoms with Crippen molar-refractivity contribution >= 4 is 51.2 Å². The first kappa shape index (κ1) is 27.5. The molecule has 4 rings (SSSR count). The Morgan fingerprint density at radius 1 is 1.03 bits per heavy atom. The minimum absolute atomic E-state index is 0.0373. The number of urea groups is 1. The van der Waals surface area contributed by atoms with E-state index in [1.165, 1.54) is 18.2 Å². The van der Waals surface area contributed by atoms with Gasteiger partial charge in [-0.3, -0.25) is 25.0 Å². The Bertz CT molecular complexity index is 1500. The van der Waals surface area contributed by atoms with Crippen LogP contribution in [0.4, 0.5) is 16.2 Å². The van der Waals surface area contributed by atoms with Gasteiger partial charge in [0.25, 0.3) is 17.5 Å². The highest BCUT2D eigenvalue weighted by atomic mass is 79.9. The molecule has 1 aliphatic rings. The number of carbonyl (C=O) groups excluding carboxylic acids is 3. The summed E-state index contributed by atoms with van der Waals surface area (Å²) in [5, 5.41) is 13.3. The normalized spacial score (nSPS) is 14.4. The summed E-state index contributed by atoms with van der Waals surface area (Å²) in [6.45, 7) is 4.03. The number of imide groups is 2. The molecule has 0 aliphatic carbocycles. The molecule has 0 aromatic heterocycles. The summed E-state index contributed by atoms with van der Waals surface area (Å²) in [6, 6.07) is 15.5. The van der Waals surface area contributed by atoms with Gasteiger partial charge in [0.15, 0.2) is 11.5 Å². The molecule has 11 heteroatoms. The number of nitro groups is 1. The molecule has 0 saturated carbocycles. The van der Waals surface area contributed by atoms with Gasteiger partial charge in [-0.15, -0.1) is 0 Å². The standard InChI is InChI=1S/C28H24BrN3O7/c1-3-19-9-5-6-11-23(19)31-27(34)21(26(33)30-28(31)35)13-18-14-22(29)25(24(15-18)38-4-2)39-16-17-8-7-10-20(12-17)32(36)37/h5-15H,3-4,16H2,1-2H3,(H,30,33,35)/b21-13-. The van der Waals surface area contributed by atoms with Gasteiger partial charge in [0.2, 0.25) is 0 Å². The maximum Gasteiger partial charge on any atom is 0.335 e. The molecule has 3 aromatic carbocycles. The number of hydrogen-bond acceptors (Lipinski definition) is 7. The zero-order chi connectivity index (χ0) is 28.1. The molecule has 1 saturated heterocycles. The van der Waals surface area contributed by atoms with Crippen LogP contribution in [0, 0.1) is 10.1 Å². The second-order valence-electron chi connectivity index (χ2n) is 8.42. The lowest BCUT2D eigenvalue weighted by molar-refractivity contribution is -0.384. The van der Waals surface area contributed by atoms with E-state index in [4.69, 9.17) is 9.47 Å². The van der Waals surface area contributed by atoms with E-state index in [1.807, 2.05) is 19.1 Å². The number of amides is 4. The number of halogens is 1. The number of nitro benzene ring substituents is 1. The van der Waals surface area contributed by atoms with Crippen LogP contribution in [-0.4, -0.2) is 29.4 Å². The number of hydrogen-bond donors (Lipinski definition) is 1. The van der Waals surface area contributed by atoms with Gasteiger partial charge < -0.3 is 9.47 Å². The molecule has 1 heterocycles. The molecule has 3 aromatic rings. The number of carbonyl (C=O) groups is 3. The van der Waals surface area contributed by atoms with Gasteiger partial charge in [-0.05, 0) is 70.2 Å². The number of para-hydroxylation sites is 1. The first-order chi connectivity index (χ1) is 18.7. The van der Waals surface area contributed by atoms with Gasteiger partial charge in [0.1, 0.15) is 12.2 Å². The third-order valence-corrected chi connectivity index (χ3v) is 6.45. The van der Waals surface area contributed by atoms with Crippen LogP contribution in [-0.2, 0) is 22.6 Å². The molecule has 0 radical (unpaired) electrons. The molecule has 4 amide bonds. The molecule has 1 N–H and O–H groups in total. The molecular formula is C28H24BrN3O7. The third-order valence-electron chi connectivity index (χ3n) is 5.86. The molecule has 0 spiro atoms. The molecule has 0 atom stereocenters. The molecule has 0 bridgehead atoms. The zero-order valence-electron chi connectivity index (χ0n) is 21.1. The van der Waals surface area contributed by atoms with E-state index in [1.54, 1.807) is 43.3 Å². The van der Waals surface area contributed by atoms with E-state index >= 15 is 0 Å². The number of benzene rings is 3. The largest absolute Gasteiger partial charge is 0.490 e. The molecule has 0 unspecified atom stereocenters. The van der Waals surface area contributed by atoms with Gasteiger partial charge in [-0.25, -0.2) is 9.69 Å². The van der Waals surface area contributed by atoms with E-state index in [-0.39, 0.29) is 17.9 Å². The van der Waals surface area contributed by atoms with Crippen LogP contribution in [0.3, 0.4) is 0 Å². The lowest BCUT2D eigenvalue weighted by atomic mass is 10.0. The van der Waals surface area contributed by atoms with E-state index in [0.717, 1.165) is 10.5 Å². The Labute approximate surface area is 232 Å². The first-order valence-electron chi connectivity index (χ1n) is 12.0. The van der Waals surface area contributed by atoms with Gasteiger partial charge in [-0.2, -0.15) is 0 Å². The Morgan fingerprint density at radius 3 is 2.51 bits per heavy atom. The van der Waals surface area contributed by atoms with Crippen LogP contribution in [0.15, 0.2) is 70.7 Å². The Hall–Kier alpha value is -4.51. The first-order valence-corrected chi connectivity index (χ1v) is 12.8. The average Bonchev–Trinajstić information content (AvgIpc) is 2.91. The number of nitrogens with one attached hydrogen (secondary N) is 1. The van der Waals surface area contributed by atoms with Gasteiger partial charge >= 0.3 is 6.03 Å². The summed E-state index contributed by atoms with van der Waals surface area (Å²) in [4.78, 5) is 50.2. The predicted molar refractivity (Wildman–Crippen MR) is 148 cm³/mol. The van der Waals surface area contributed by atoms with E-state index in [0.29, 0.717) is 45.8 Å². The van der Waals surface area contributed by atoms with E-state index in [9.17, 15) is 24.5 Å². The van der Waals surface area contributed by atoms with E-state index in [2.05, 4.69) is 21.2 Å². The molecule has 39 heavy (non-hydrogen) atoms. The topological polar surface area (TPSA) is 128 Å². The van der Waals surface area contributed by atoms with Crippen LogP contribution in [0.5, 0.6) is 11.5 Å². The molecule has 1 fully saturated rings. The summed E-state index contributed by atoms with van der Waals surface area (Å²) in [5.74, 6) is -0.879. The Morgan fingerprint density at radius 2 is 1.79 bits per heavy atom. The smallest absolute Gasteiger partial charge is 0.335 e. The fourth-order valence-electron chi connectivity index (χ4n) is 4.06. The van der Waals surface area contributed by atoms with Crippen molar-refractivity contribution in [3.63, 3.8) is 0 Å². The molecule has 10 nitrogen and oxygen atoms in total. The zero-order valence-corrected chi connectivity index (χ0v) is 22.7. The minimum Gasteiger partial charge on any atom is -0.490 e. The van der Waals surface area contributed by atoms with Gasteiger partial charge in [0.05, 0.1) is 21.7 Å². The fourth-order valence-corrected chi connectivity index (χ4v) is 4.63. The van der Waals surface area contributed by atoms with Crippen molar-refractivity contribution in [3.8, 4) is 11.5 Å². The van der Waals surface area contributed by atoms with Crippen molar-refractivity contribution in [1.82, 2.24) is 5.32 Å². The maximum absolute atomic E-state index is 13.4. The summed E-state index contributed by atoms with van der Waals surface area (Å²) in [6.07, 6.45) is 1.96. The number of anilines is 1. The number of rotatable bonds is 9. The summed E-state index contributed by atoms with van der Waals surface area (Å²) < 4.78 is 12.1. The quantitative estimate of drug-likeness (QED) is 0.149. The SMILES string of the molecule is CCOc1cc(/C=C2/C(=O)NC(=O)N(c3ccccc3CC)C2=O)cc(Br)c1OCc1cccc([N+](=O)[O-])c1. The Balaban J connectivity index is 1.66. The number of ether oxygens (including phenoxy) is 2. The van der Waals surface area contributed by atoms with E-state index < -0.39 is 22.8 Å². The molecule has 200 valence electrons. The number of nitrogens with zero attached hydrogens (tertiary/aromatic N) is 2. The van der Waals surface area contributed by atoms with Crippen molar-refractivity contribution in [3.05, 3.63) is 97.5 Å². The average molecular weight is 594 g/mol. The van der Waals surface area contributed by atoms with Crippen molar-refractivity contribution in [2.75, 3.05) is 11.5 Å². The third kappa shape index (κ3) is 5.99. The monoisotopic (exact) mass is 593 g/mol. The summed E-state index contributed by atoms with van der Waals surface area (Å²) >= 11 is 3.46. The molecular weight excluding hydrogens is 570 g/mol.